The van der Waals surface area contributed by atoms with Gasteiger partial charge in [0.25, 0.3) is 0 Å². The van der Waals surface area contributed by atoms with Crippen molar-refractivity contribution in [1.29, 1.82) is 0 Å². The van der Waals surface area contributed by atoms with Crippen molar-refractivity contribution in [3.05, 3.63) is 23.8 Å². The second-order valence-electron chi connectivity index (χ2n) is 4.83. The fraction of sp³-hybridized carbons (Fsp3) is 0.500. The summed E-state index contributed by atoms with van der Waals surface area (Å²) in [6.45, 7) is 2.20. The fourth-order valence-corrected chi connectivity index (χ4v) is 2.25. The predicted molar refractivity (Wildman–Crippen MR) is 72.6 cm³/mol. The lowest BCUT2D eigenvalue weighted by atomic mass is 10.1. The molecule has 1 aromatic carbocycles. The molecule has 0 saturated heterocycles. The number of carbonyl (C=O) groups excluding carboxylic acids is 1. The van der Waals surface area contributed by atoms with Crippen LogP contribution in [0.15, 0.2) is 18.2 Å². The van der Waals surface area contributed by atoms with Crippen LogP contribution in [0, 0.1) is 5.92 Å². The SMILES string of the molecule is CCCC1CC1Nc1ccc(C(=O)OC)cc1N. The molecule has 0 aromatic heterocycles. The summed E-state index contributed by atoms with van der Waals surface area (Å²) in [5.74, 6) is 0.415. The summed E-state index contributed by atoms with van der Waals surface area (Å²) >= 11 is 0. The molecule has 0 spiro atoms. The van der Waals surface area contributed by atoms with Gasteiger partial charge in [0, 0.05) is 6.04 Å². The number of benzene rings is 1. The summed E-state index contributed by atoms with van der Waals surface area (Å²) in [6.07, 6.45) is 3.70. The summed E-state index contributed by atoms with van der Waals surface area (Å²) in [5, 5.41) is 3.43. The minimum Gasteiger partial charge on any atom is -0.465 e. The number of esters is 1. The van der Waals surface area contributed by atoms with Crippen LogP contribution in [0.3, 0.4) is 0 Å². The molecule has 0 aliphatic heterocycles. The molecule has 2 rings (SSSR count). The largest absolute Gasteiger partial charge is 0.465 e. The summed E-state index contributed by atoms with van der Waals surface area (Å²) < 4.78 is 4.66. The quantitative estimate of drug-likeness (QED) is 0.621. The first-order valence-corrected chi connectivity index (χ1v) is 6.40. The molecule has 0 radical (unpaired) electrons. The molecular weight excluding hydrogens is 228 g/mol. The van der Waals surface area contributed by atoms with Crippen molar-refractivity contribution in [3.8, 4) is 0 Å². The van der Waals surface area contributed by atoms with Gasteiger partial charge in [-0.2, -0.15) is 0 Å². The number of nitrogen functional groups attached to an aromatic ring is 1. The first kappa shape index (κ1) is 12.7. The van der Waals surface area contributed by atoms with Crippen LogP contribution in [-0.4, -0.2) is 19.1 Å². The standard InChI is InChI=1S/C14H20N2O2/c1-3-4-9-8-13(9)16-12-6-5-10(7-11(12)15)14(17)18-2/h5-7,9,13,16H,3-4,8,15H2,1-2H3. The van der Waals surface area contributed by atoms with E-state index in [9.17, 15) is 4.79 Å². The molecule has 2 unspecified atom stereocenters. The van der Waals surface area contributed by atoms with Crippen molar-refractivity contribution in [3.63, 3.8) is 0 Å². The van der Waals surface area contributed by atoms with E-state index < -0.39 is 0 Å². The van der Waals surface area contributed by atoms with E-state index in [1.807, 2.05) is 6.07 Å². The molecule has 1 aliphatic carbocycles. The van der Waals surface area contributed by atoms with E-state index >= 15 is 0 Å². The van der Waals surface area contributed by atoms with E-state index in [4.69, 9.17) is 5.73 Å². The van der Waals surface area contributed by atoms with Gasteiger partial charge in [-0.25, -0.2) is 4.79 Å². The van der Waals surface area contributed by atoms with Crippen LogP contribution in [0.2, 0.25) is 0 Å². The average Bonchev–Trinajstić information content (AvgIpc) is 3.09. The van der Waals surface area contributed by atoms with Crippen molar-refractivity contribution in [2.45, 2.75) is 32.2 Å². The molecule has 0 amide bonds. The van der Waals surface area contributed by atoms with Crippen LogP contribution in [0.5, 0.6) is 0 Å². The van der Waals surface area contributed by atoms with Gasteiger partial charge >= 0.3 is 5.97 Å². The summed E-state index contributed by atoms with van der Waals surface area (Å²) in [4.78, 5) is 11.4. The topological polar surface area (TPSA) is 64.3 Å². The molecule has 3 N–H and O–H groups in total. The Morgan fingerprint density at radius 2 is 2.33 bits per heavy atom. The number of nitrogens with two attached hydrogens (primary N) is 1. The maximum atomic E-state index is 11.4. The van der Waals surface area contributed by atoms with Crippen LogP contribution in [-0.2, 0) is 4.74 Å². The molecule has 18 heavy (non-hydrogen) atoms. The van der Waals surface area contributed by atoms with Crippen LogP contribution < -0.4 is 11.1 Å². The van der Waals surface area contributed by atoms with Crippen molar-refractivity contribution < 1.29 is 9.53 Å². The Balaban J connectivity index is 2.00. The van der Waals surface area contributed by atoms with E-state index in [0.717, 1.165) is 11.6 Å². The highest BCUT2D eigenvalue weighted by atomic mass is 16.5. The molecule has 98 valence electrons. The summed E-state index contributed by atoms with van der Waals surface area (Å²) in [7, 11) is 1.37. The average molecular weight is 248 g/mol. The Bertz CT molecular complexity index is 445. The lowest BCUT2D eigenvalue weighted by Crippen LogP contribution is -2.08. The third-order valence-corrected chi connectivity index (χ3v) is 3.40. The number of hydrogen-bond donors (Lipinski definition) is 2. The van der Waals surface area contributed by atoms with Gasteiger partial charge in [-0.15, -0.1) is 0 Å². The summed E-state index contributed by atoms with van der Waals surface area (Å²) in [5.41, 5.74) is 7.93. The summed E-state index contributed by atoms with van der Waals surface area (Å²) in [6, 6.07) is 5.78. The minimum atomic E-state index is -0.358. The van der Waals surface area contributed by atoms with Crippen molar-refractivity contribution in [2.24, 2.45) is 5.92 Å². The van der Waals surface area contributed by atoms with Crippen LogP contribution in [0.1, 0.15) is 36.5 Å². The smallest absolute Gasteiger partial charge is 0.337 e. The van der Waals surface area contributed by atoms with Gasteiger partial charge in [0.1, 0.15) is 0 Å². The Labute approximate surface area is 108 Å². The van der Waals surface area contributed by atoms with Gasteiger partial charge in [0.15, 0.2) is 0 Å². The maximum absolute atomic E-state index is 11.4. The first-order chi connectivity index (χ1) is 8.65. The number of rotatable bonds is 5. The van der Waals surface area contributed by atoms with Gasteiger partial charge in [-0.1, -0.05) is 13.3 Å². The molecule has 1 fully saturated rings. The normalized spacial score (nSPS) is 21.4. The molecule has 4 nitrogen and oxygen atoms in total. The van der Waals surface area contributed by atoms with E-state index in [2.05, 4.69) is 17.0 Å². The molecule has 2 atom stereocenters. The predicted octanol–water partition coefficient (Wildman–Crippen LogP) is 2.66. The van der Waals surface area contributed by atoms with Crippen molar-refractivity contribution in [1.82, 2.24) is 0 Å². The number of nitrogens with one attached hydrogen (secondary N) is 1. The highest BCUT2D eigenvalue weighted by Crippen LogP contribution is 2.38. The molecule has 1 aromatic rings. The number of hydrogen-bond acceptors (Lipinski definition) is 4. The fourth-order valence-electron chi connectivity index (χ4n) is 2.25. The minimum absolute atomic E-state index is 0.358. The number of carbonyl (C=O) groups is 1. The number of ether oxygens (including phenoxy) is 1. The zero-order valence-electron chi connectivity index (χ0n) is 10.9. The van der Waals surface area contributed by atoms with Gasteiger partial charge < -0.3 is 15.8 Å². The van der Waals surface area contributed by atoms with Gasteiger partial charge in [-0.3, -0.25) is 0 Å². The Morgan fingerprint density at radius 3 is 2.94 bits per heavy atom. The molecule has 1 aliphatic rings. The van der Waals surface area contributed by atoms with E-state index in [0.29, 0.717) is 17.3 Å². The van der Waals surface area contributed by atoms with Crippen LogP contribution in [0.4, 0.5) is 11.4 Å². The van der Waals surface area contributed by atoms with E-state index in [-0.39, 0.29) is 5.97 Å². The second-order valence-corrected chi connectivity index (χ2v) is 4.83. The number of anilines is 2. The van der Waals surface area contributed by atoms with Gasteiger partial charge in [0.05, 0.1) is 24.0 Å². The Kier molecular flexibility index (Phi) is 3.75. The van der Waals surface area contributed by atoms with Crippen molar-refractivity contribution in [2.75, 3.05) is 18.2 Å². The highest BCUT2D eigenvalue weighted by molar-refractivity contribution is 5.91. The Hall–Kier alpha value is -1.71. The van der Waals surface area contributed by atoms with Gasteiger partial charge in [0.2, 0.25) is 0 Å². The molecule has 1 saturated carbocycles. The van der Waals surface area contributed by atoms with E-state index in [1.165, 1.54) is 26.4 Å². The lowest BCUT2D eigenvalue weighted by molar-refractivity contribution is 0.0601. The Morgan fingerprint density at radius 1 is 1.56 bits per heavy atom. The number of methoxy groups -OCH3 is 1. The highest BCUT2D eigenvalue weighted by Gasteiger charge is 2.36. The third kappa shape index (κ3) is 2.75. The molecule has 0 bridgehead atoms. The molecular formula is C14H20N2O2. The molecule has 0 heterocycles. The monoisotopic (exact) mass is 248 g/mol. The first-order valence-electron chi connectivity index (χ1n) is 6.40. The third-order valence-electron chi connectivity index (χ3n) is 3.40. The van der Waals surface area contributed by atoms with Crippen molar-refractivity contribution >= 4 is 17.3 Å². The van der Waals surface area contributed by atoms with E-state index in [1.54, 1.807) is 12.1 Å². The molecule has 4 heteroatoms. The van der Waals surface area contributed by atoms with Gasteiger partial charge in [-0.05, 0) is 37.0 Å². The maximum Gasteiger partial charge on any atom is 0.337 e. The zero-order chi connectivity index (χ0) is 13.1. The lowest BCUT2D eigenvalue weighted by Gasteiger charge is -2.10. The van der Waals surface area contributed by atoms with Crippen LogP contribution >= 0.6 is 0 Å². The van der Waals surface area contributed by atoms with Crippen LogP contribution in [0.25, 0.3) is 0 Å². The zero-order valence-corrected chi connectivity index (χ0v) is 10.9. The second kappa shape index (κ2) is 5.29.